The van der Waals surface area contributed by atoms with Gasteiger partial charge in [-0.25, -0.2) is 4.98 Å². The highest BCUT2D eigenvalue weighted by Crippen LogP contribution is 2.31. The zero-order valence-electron chi connectivity index (χ0n) is 14.7. The minimum Gasteiger partial charge on any atom is -0.486 e. The molecule has 8 nitrogen and oxygen atoms in total. The number of rotatable bonds is 7. The predicted octanol–water partition coefficient (Wildman–Crippen LogP) is 2.68. The van der Waals surface area contributed by atoms with Crippen LogP contribution < -0.4 is 10.1 Å². The smallest absolute Gasteiger partial charge is 0.416 e. The van der Waals surface area contributed by atoms with E-state index in [1.807, 2.05) is 0 Å². The van der Waals surface area contributed by atoms with Gasteiger partial charge in [-0.3, -0.25) is 9.48 Å². The first-order valence-electron chi connectivity index (χ1n) is 8.20. The molecule has 0 bridgehead atoms. The highest BCUT2D eigenvalue weighted by atomic mass is 19.4. The Bertz CT molecular complexity index is 924. The van der Waals surface area contributed by atoms with Crippen molar-refractivity contribution in [1.82, 2.24) is 25.2 Å². The lowest BCUT2D eigenvalue weighted by Gasteiger charge is -2.12. The molecule has 1 atom stereocenters. The largest absolute Gasteiger partial charge is 0.486 e. The minimum absolute atomic E-state index is 0.0266. The van der Waals surface area contributed by atoms with E-state index in [0.29, 0.717) is 6.54 Å². The van der Waals surface area contributed by atoms with Gasteiger partial charge >= 0.3 is 6.18 Å². The van der Waals surface area contributed by atoms with Crippen molar-refractivity contribution in [2.45, 2.75) is 32.3 Å². The summed E-state index contributed by atoms with van der Waals surface area (Å²) in [6, 6.07) is 5.60. The van der Waals surface area contributed by atoms with E-state index in [-0.39, 0.29) is 29.9 Å². The average molecular weight is 395 g/mol. The minimum atomic E-state index is -4.46. The molecule has 0 unspecified atom stereocenters. The Kier molecular flexibility index (Phi) is 5.62. The first-order valence-corrected chi connectivity index (χ1v) is 8.20. The van der Waals surface area contributed by atoms with Gasteiger partial charge in [-0.05, 0) is 25.1 Å². The van der Waals surface area contributed by atoms with Crippen molar-refractivity contribution in [3.05, 3.63) is 60.0 Å². The number of carbonyl (C=O) groups is 1. The lowest BCUT2D eigenvalue weighted by molar-refractivity contribution is -0.137. The molecule has 0 radical (unpaired) electrons. The number of carbonyl (C=O) groups excluding carboxylic acids is 1. The Hall–Kier alpha value is -3.37. The van der Waals surface area contributed by atoms with E-state index in [0.717, 1.165) is 12.1 Å². The summed E-state index contributed by atoms with van der Waals surface area (Å²) < 4.78 is 50.0. The Balaban J connectivity index is 1.54. The van der Waals surface area contributed by atoms with Crippen LogP contribution in [0, 0.1) is 0 Å². The molecule has 11 heteroatoms. The highest BCUT2D eigenvalue weighted by Gasteiger charge is 2.30. The first kappa shape index (κ1) is 19.4. The number of aromatic nitrogens is 4. The molecule has 3 rings (SSSR count). The number of alkyl halides is 3. The summed E-state index contributed by atoms with van der Waals surface area (Å²) in [7, 11) is 0. The summed E-state index contributed by atoms with van der Waals surface area (Å²) in [4.78, 5) is 16.0. The van der Waals surface area contributed by atoms with Crippen molar-refractivity contribution in [2.75, 3.05) is 0 Å². The van der Waals surface area contributed by atoms with E-state index in [1.165, 1.54) is 30.9 Å². The van der Waals surface area contributed by atoms with Crippen molar-refractivity contribution in [3.8, 4) is 5.75 Å². The summed E-state index contributed by atoms with van der Waals surface area (Å²) in [5, 5.41) is 10.3. The monoisotopic (exact) mass is 395 g/mol. The molecule has 2 heterocycles. The number of halogens is 3. The molecule has 1 aromatic carbocycles. The summed E-state index contributed by atoms with van der Waals surface area (Å²) in [5.74, 6) is -0.230. The summed E-state index contributed by atoms with van der Waals surface area (Å²) in [6.07, 6.45) is -1.54. The molecule has 0 aliphatic carbocycles. The maximum Gasteiger partial charge on any atom is 0.416 e. The van der Waals surface area contributed by atoms with Gasteiger partial charge in [0.15, 0.2) is 11.5 Å². The molecule has 1 amide bonds. The molecule has 0 saturated heterocycles. The first-order chi connectivity index (χ1) is 13.3. The summed E-state index contributed by atoms with van der Waals surface area (Å²) in [5.41, 5.74) is -0.780. The van der Waals surface area contributed by atoms with E-state index in [2.05, 4.69) is 20.6 Å². The van der Waals surface area contributed by atoms with Crippen LogP contribution in [-0.4, -0.2) is 31.9 Å². The standard InChI is InChI=1S/C17H16F3N5O3/c1-11(7-25-10-21-9-22-25)23-16(26)15-6-14(28-24-15)8-27-13-4-2-3-12(5-13)17(18,19)20/h2-6,9-11H,7-8H2,1H3,(H,23,26)/t11-/m1/s1. The molecule has 2 aromatic heterocycles. The fraction of sp³-hybridized carbons (Fsp3) is 0.294. The van der Waals surface area contributed by atoms with Crippen molar-refractivity contribution in [3.63, 3.8) is 0 Å². The van der Waals surface area contributed by atoms with Gasteiger partial charge in [0.25, 0.3) is 5.91 Å². The number of hydrogen-bond donors (Lipinski definition) is 1. The number of hydrogen-bond acceptors (Lipinski definition) is 6. The van der Waals surface area contributed by atoms with Gasteiger partial charge in [-0.1, -0.05) is 11.2 Å². The van der Waals surface area contributed by atoms with Crippen molar-refractivity contribution < 1.29 is 27.2 Å². The molecule has 0 spiro atoms. The second kappa shape index (κ2) is 8.11. The van der Waals surface area contributed by atoms with E-state index < -0.39 is 17.6 Å². The van der Waals surface area contributed by atoms with E-state index >= 15 is 0 Å². The van der Waals surface area contributed by atoms with Crippen LogP contribution in [0.1, 0.15) is 28.7 Å². The van der Waals surface area contributed by atoms with Gasteiger partial charge in [0.2, 0.25) is 0 Å². The second-order valence-electron chi connectivity index (χ2n) is 5.98. The number of ether oxygens (including phenoxy) is 1. The van der Waals surface area contributed by atoms with Crippen molar-refractivity contribution >= 4 is 5.91 Å². The number of nitrogens with zero attached hydrogens (tertiary/aromatic N) is 4. The van der Waals surface area contributed by atoms with Gasteiger partial charge in [-0.15, -0.1) is 0 Å². The molecule has 1 N–H and O–H groups in total. The SMILES string of the molecule is C[C@H](Cn1cncn1)NC(=O)c1cc(COc2cccc(C(F)(F)F)c2)on1. The summed E-state index contributed by atoms with van der Waals surface area (Å²) >= 11 is 0. The third kappa shape index (κ3) is 5.09. The van der Waals surface area contributed by atoms with E-state index in [1.54, 1.807) is 11.6 Å². The van der Waals surface area contributed by atoms with Gasteiger partial charge in [0.1, 0.15) is 25.0 Å². The zero-order chi connectivity index (χ0) is 20.1. The predicted molar refractivity (Wildman–Crippen MR) is 89.2 cm³/mol. The lowest BCUT2D eigenvalue weighted by Crippen LogP contribution is -2.36. The maximum atomic E-state index is 12.7. The second-order valence-corrected chi connectivity index (χ2v) is 5.98. The van der Waals surface area contributed by atoms with Crippen LogP contribution in [0.3, 0.4) is 0 Å². The maximum absolute atomic E-state index is 12.7. The molecule has 0 fully saturated rings. The molecule has 28 heavy (non-hydrogen) atoms. The lowest BCUT2D eigenvalue weighted by atomic mass is 10.2. The molecule has 0 saturated carbocycles. The van der Waals surface area contributed by atoms with Gasteiger partial charge in [0.05, 0.1) is 12.1 Å². The molecule has 148 valence electrons. The molecule has 0 aliphatic rings. The number of benzene rings is 1. The zero-order valence-corrected chi connectivity index (χ0v) is 14.7. The van der Waals surface area contributed by atoms with Crippen LogP contribution in [0.4, 0.5) is 13.2 Å². The quantitative estimate of drug-likeness (QED) is 0.661. The fourth-order valence-corrected chi connectivity index (χ4v) is 2.36. The summed E-state index contributed by atoms with van der Waals surface area (Å²) in [6.45, 7) is 2.04. The highest BCUT2D eigenvalue weighted by molar-refractivity contribution is 5.92. The molecule has 3 aromatic rings. The van der Waals surface area contributed by atoms with Gasteiger partial charge in [-0.2, -0.15) is 18.3 Å². The van der Waals surface area contributed by atoms with Crippen LogP contribution in [-0.2, 0) is 19.3 Å². The van der Waals surface area contributed by atoms with Crippen LogP contribution in [0.2, 0.25) is 0 Å². The Labute approximate surface area is 157 Å². The van der Waals surface area contributed by atoms with Crippen LogP contribution in [0.5, 0.6) is 5.75 Å². The van der Waals surface area contributed by atoms with E-state index in [4.69, 9.17) is 9.26 Å². The van der Waals surface area contributed by atoms with Crippen molar-refractivity contribution in [1.29, 1.82) is 0 Å². The topological polar surface area (TPSA) is 95.1 Å². The third-order valence-corrected chi connectivity index (χ3v) is 3.64. The Morgan fingerprint density at radius 3 is 2.89 bits per heavy atom. The normalized spacial score (nSPS) is 12.6. The Morgan fingerprint density at radius 1 is 1.36 bits per heavy atom. The van der Waals surface area contributed by atoms with Crippen LogP contribution >= 0.6 is 0 Å². The van der Waals surface area contributed by atoms with E-state index in [9.17, 15) is 18.0 Å². The Morgan fingerprint density at radius 2 is 2.18 bits per heavy atom. The fourth-order valence-electron chi connectivity index (χ4n) is 2.36. The van der Waals surface area contributed by atoms with Gasteiger partial charge in [0, 0.05) is 12.1 Å². The number of nitrogens with one attached hydrogen (secondary N) is 1. The molecular formula is C17H16F3N5O3. The van der Waals surface area contributed by atoms with Crippen LogP contribution in [0.15, 0.2) is 47.5 Å². The van der Waals surface area contributed by atoms with Gasteiger partial charge < -0.3 is 14.6 Å². The number of amides is 1. The van der Waals surface area contributed by atoms with Crippen LogP contribution in [0.25, 0.3) is 0 Å². The third-order valence-electron chi connectivity index (χ3n) is 3.64. The molecular weight excluding hydrogens is 379 g/mol. The average Bonchev–Trinajstić information content (AvgIpc) is 3.31. The molecule has 0 aliphatic heterocycles. The van der Waals surface area contributed by atoms with Crippen molar-refractivity contribution in [2.24, 2.45) is 0 Å².